The molecule has 0 fully saturated rings. The topological polar surface area (TPSA) is 56.2 Å². The van der Waals surface area contributed by atoms with Gasteiger partial charge in [-0.05, 0) is 86.2 Å². The Morgan fingerprint density at radius 1 is 0.350 bits per heavy atom. The number of aromatic nitrogens is 4. The monoisotopic (exact) mass is 762 g/mol. The molecule has 0 unspecified atom stereocenters. The number of furan rings is 1. The van der Waals surface area contributed by atoms with Gasteiger partial charge in [-0.3, -0.25) is 0 Å². The number of nitrogens with zero attached hydrogens (tertiary/aromatic N) is 4. The van der Waals surface area contributed by atoms with Crippen LogP contribution in [0.15, 0.2) is 186 Å². The fourth-order valence-corrected chi connectivity index (χ4v) is 10.0. The molecule has 0 bridgehead atoms. The minimum atomic E-state index is 0.599. The zero-order valence-electron chi connectivity index (χ0n) is 32.0. The van der Waals surface area contributed by atoms with Gasteiger partial charge in [0.1, 0.15) is 11.2 Å². The Kier molecular flexibility index (Phi) is 6.23. The van der Waals surface area contributed by atoms with Crippen LogP contribution in [0.3, 0.4) is 0 Å². The molecule has 0 spiro atoms. The number of benzene rings is 10. The van der Waals surface area contributed by atoms with Crippen molar-refractivity contribution in [3.8, 4) is 34.2 Å². The first kappa shape index (κ1) is 31.9. The first-order valence-electron chi connectivity index (χ1n) is 20.3. The predicted octanol–water partition coefficient (Wildman–Crippen LogP) is 14.5. The average Bonchev–Trinajstić information content (AvgIpc) is 3.86. The van der Waals surface area contributed by atoms with Crippen molar-refractivity contribution in [2.45, 2.75) is 0 Å². The van der Waals surface area contributed by atoms with Crippen LogP contribution < -0.4 is 0 Å². The van der Waals surface area contributed by atoms with E-state index in [0.29, 0.717) is 17.5 Å². The molecule has 4 aromatic heterocycles. The lowest BCUT2D eigenvalue weighted by molar-refractivity contribution is 0.672. The molecule has 5 nitrogen and oxygen atoms in total. The van der Waals surface area contributed by atoms with E-state index in [4.69, 9.17) is 19.4 Å². The summed E-state index contributed by atoms with van der Waals surface area (Å²) in [5.74, 6) is 1.83. The first-order chi connectivity index (χ1) is 29.7. The maximum atomic E-state index is 6.63. The lowest BCUT2D eigenvalue weighted by Gasteiger charge is -2.16. The average molecular weight is 763 g/mol. The molecule has 4 heterocycles. The van der Waals surface area contributed by atoms with Crippen molar-refractivity contribution in [1.82, 2.24) is 19.4 Å². The lowest BCUT2D eigenvalue weighted by Crippen LogP contribution is -2.01. The number of para-hydroxylation sites is 1. The van der Waals surface area contributed by atoms with Gasteiger partial charge in [0.15, 0.2) is 17.5 Å². The molecule has 0 saturated carbocycles. The highest BCUT2D eigenvalue weighted by molar-refractivity contribution is 6.32. The molecule has 0 saturated heterocycles. The number of hydrogen-bond donors (Lipinski definition) is 0. The van der Waals surface area contributed by atoms with Gasteiger partial charge in [0.2, 0.25) is 0 Å². The Hall–Kier alpha value is -8.15. The maximum absolute atomic E-state index is 6.63. The number of rotatable bonds is 3. The van der Waals surface area contributed by atoms with Gasteiger partial charge in [-0.2, -0.15) is 0 Å². The quantitative estimate of drug-likeness (QED) is 0.133. The summed E-state index contributed by atoms with van der Waals surface area (Å²) in [6, 6.07) is 64.9. The molecule has 0 aliphatic rings. The van der Waals surface area contributed by atoms with Crippen molar-refractivity contribution in [3.63, 3.8) is 0 Å². The molecule has 0 N–H and O–H groups in total. The third-order valence-electron chi connectivity index (χ3n) is 12.7. The summed E-state index contributed by atoms with van der Waals surface area (Å²) in [6.07, 6.45) is 0. The van der Waals surface area contributed by atoms with Crippen molar-refractivity contribution >= 4 is 103 Å². The van der Waals surface area contributed by atoms with Crippen LogP contribution in [0.1, 0.15) is 0 Å². The highest BCUT2D eigenvalue weighted by Gasteiger charge is 2.24. The summed E-state index contributed by atoms with van der Waals surface area (Å²) in [6.45, 7) is 0. The van der Waals surface area contributed by atoms with E-state index in [1.165, 1.54) is 59.6 Å². The Morgan fingerprint density at radius 3 is 1.77 bits per heavy atom. The van der Waals surface area contributed by atoms with Gasteiger partial charge in [-0.15, -0.1) is 0 Å². The minimum Gasteiger partial charge on any atom is -0.455 e. The van der Waals surface area contributed by atoms with Gasteiger partial charge in [0, 0.05) is 54.4 Å². The van der Waals surface area contributed by atoms with E-state index < -0.39 is 0 Å². The van der Waals surface area contributed by atoms with Gasteiger partial charge < -0.3 is 8.82 Å². The summed E-state index contributed by atoms with van der Waals surface area (Å²) >= 11 is 0. The minimum absolute atomic E-state index is 0.599. The number of pyridine rings is 1. The second-order valence-electron chi connectivity index (χ2n) is 15.9. The van der Waals surface area contributed by atoms with Crippen LogP contribution in [0.25, 0.3) is 137 Å². The van der Waals surface area contributed by atoms with E-state index in [-0.39, 0.29) is 0 Å². The standard InChI is InChI=1S/C55H30N4O/c1-2-13-31(14-3-1)53-56-54(58-55(57-53)45-27-35-18-7-9-20-38(35)52-50(45)40-21-10-11-24-48(40)60-52)36-28-43-41-25-32-15-4-5-16-33(32)30-47(41)59-46-23-12-22-39-37-19-8-6-17-34(37)26-42(49(39)46)44(29-36)51(43)59/h1-30H. The normalized spacial score (nSPS) is 12.3. The van der Waals surface area contributed by atoms with Crippen LogP contribution in [-0.2, 0) is 0 Å². The van der Waals surface area contributed by atoms with Crippen molar-refractivity contribution in [2.75, 3.05) is 0 Å². The smallest absolute Gasteiger partial charge is 0.164 e. The van der Waals surface area contributed by atoms with Crippen LogP contribution >= 0.6 is 0 Å². The molecular formula is C55H30N4O. The third-order valence-corrected chi connectivity index (χ3v) is 12.7. The molecule has 0 atom stereocenters. The fourth-order valence-electron chi connectivity index (χ4n) is 10.0. The largest absolute Gasteiger partial charge is 0.455 e. The Balaban J connectivity index is 1.15. The van der Waals surface area contributed by atoms with E-state index in [1.807, 2.05) is 30.3 Å². The maximum Gasteiger partial charge on any atom is 0.164 e. The van der Waals surface area contributed by atoms with Crippen molar-refractivity contribution in [2.24, 2.45) is 0 Å². The van der Waals surface area contributed by atoms with Gasteiger partial charge in [-0.1, -0.05) is 133 Å². The van der Waals surface area contributed by atoms with E-state index >= 15 is 0 Å². The third kappa shape index (κ3) is 4.32. The Bertz CT molecular complexity index is 4120. The number of fused-ring (bicyclic) bond motifs is 13. The highest BCUT2D eigenvalue weighted by atomic mass is 16.3. The molecule has 276 valence electrons. The second kappa shape index (κ2) is 11.7. The molecule has 0 amide bonds. The van der Waals surface area contributed by atoms with Crippen molar-refractivity contribution < 1.29 is 4.42 Å². The van der Waals surface area contributed by atoms with E-state index in [2.05, 4.69) is 156 Å². The zero-order valence-corrected chi connectivity index (χ0v) is 32.0. The molecule has 0 aliphatic heterocycles. The number of hydrogen-bond acceptors (Lipinski definition) is 4. The molecule has 14 aromatic rings. The van der Waals surface area contributed by atoms with Gasteiger partial charge in [0.25, 0.3) is 0 Å². The summed E-state index contributed by atoms with van der Waals surface area (Å²) in [7, 11) is 0. The molecule has 5 heteroatoms. The van der Waals surface area contributed by atoms with E-state index in [0.717, 1.165) is 60.2 Å². The molecule has 14 rings (SSSR count). The molecular weight excluding hydrogens is 733 g/mol. The van der Waals surface area contributed by atoms with Gasteiger partial charge in [-0.25, -0.2) is 15.0 Å². The first-order valence-corrected chi connectivity index (χ1v) is 20.3. The molecule has 10 aromatic carbocycles. The Morgan fingerprint density at radius 2 is 0.950 bits per heavy atom. The summed E-state index contributed by atoms with van der Waals surface area (Å²) < 4.78 is 9.12. The summed E-state index contributed by atoms with van der Waals surface area (Å²) in [4.78, 5) is 16.0. The van der Waals surface area contributed by atoms with Crippen LogP contribution in [0.5, 0.6) is 0 Å². The van der Waals surface area contributed by atoms with Crippen LogP contribution in [0.2, 0.25) is 0 Å². The second-order valence-corrected chi connectivity index (χ2v) is 15.9. The lowest BCUT2D eigenvalue weighted by atomic mass is 9.93. The Labute approximate surface area is 341 Å². The zero-order chi connectivity index (χ0) is 39.1. The van der Waals surface area contributed by atoms with Gasteiger partial charge >= 0.3 is 0 Å². The SMILES string of the molecule is c1ccc(-c2nc(-c3cc4c5cc6ccccc6c6cccc(c65)n5c6cc7ccccc7cc6c(c3)c45)nc(-c3cc4ccccc4c4oc5ccccc5c34)n2)cc1. The van der Waals surface area contributed by atoms with E-state index in [9.17, 15) is 0 Å². The van der Waals surface area contributed by atoms with E-state index in [1.54, 1.807) is 0 Å². The summed E-state index contributed by atoms with van der Waals surface area (Å²) in [5.41, 5.74) is 8.00. The molecule has 0 radical (unpaired) electrons. The molecule has 0 aliphatic carbocycles. The summed E-state index contributed by atoms with van der Waals surface area (Å²) in [5, 5.41) is 16.3. The fraction of sp³-hybridized carbons (Fsp3) is 0. The van der Waals surface area contributed by atoms with Crippen LogP contribution in [0, 0.1) is 0 Å². The van der Waals surface area contributed by atoms with Crippen molar-refractivity contribution in [3.05, 3.63) is 182 Å². The van der Waals surface area contributed by atoms with Gasteiger partial charge in [0.05, 0.1) is 16.6 Å². The van der Waals surface area contributed by atoms with Crippen molar-refractivity contribution in [1.29, 1.82) is 0 Å². The van der Waals surface area contributed by atoms with Crippen LogP contribution in [0.4, 0.5) is 0 Å². The molecule has 60 heavy (non-hydrogen) atoms. The van der Waals surface area contributed by atoms with Crippen LogP contribution in [-0.4, -0.2) is 19.4 Å². The predicted molar refractivity (Wildman–Crippen MR) is 248 cm³/mol. The highest BCUT2D eigenvalue weighted by Crippen LogP contribution is 2.46.